The number of fused-ring (bicyclic) bond motifs is 1. The molecule has 128 valence electrons. The molecule has 0 aliphatic heterocycles. The molecule has 1 heterocycles. The molecule has 1 aliphatic rings. The number of amides is 1. The summed E-state index contributed by atoms with van der Waals surface area (Å²) in [5, 5.41) is 13.6. The third-order valence-electron chi connectivity index (χ3n) is 4.08. The minimum atomic E-state index is -0.0636. The standard InChI is InChI=1S/C19H18ClN3OS/c20-15-5-7-16(8-6-15)22-18(24)9-10-25-19-14(12-21)11-13-3-1-2-4-17(13)23-19/h5-8,11H,1-4,9-10H2,(H,22,24). The van der Waals surface area contributed by atoms with Gasteiger partial charge in [-0.2, -0.15) is 5.26 Å². The van der Waals surface area contributed by atoms with Crippen LogP contribution in [0.25, 0.3) is 0 Å². The van der Waals surface area contributed by atoms with Gasteiger partial charge >= 0.3 is 0 Å². The van der Waals surface area contributed by atoms with Crippen molar-refractivity contribution in [2.45, 2.75) is 37.1 Å². The fourth-order valence-electron chi connectivity index (χ4n) is 2.80. The number of rotatable bonds is 5. The monoisotopic (exact) mass is 371 g/mol. The van der Waals surface area contributed by atoms with E-state index in [2.05, 4.69) is 16.4 Å². The summed E-state index contributed by atoms with van der Waals surface area (Å²) in [4.78, 5) is 16.7. The van der Waals surface area contributed by atoms with Crippen LogP contribution < -0.4 is 5.32 Å². The second-order valence-corrected chi connectivity index (χ2v) is 7.44. The summed E-state index contributed by atoms with van der Waals surface area (Å²) in [6.45, 7) is 0. The topological polar surface area (TPSA) is 65.8 Å². The first-order chi connectivity index (χ1) is 12.2. The maximum Gasteiger partial charge on any atom is 0.225 e. The molecule has 0 saturated carbocycles. The Morgan fingerprint density at radius 3 is 2.80 bits per heavy atom. The number of hydrogen-bond acceptors (Lipinski definition) is 4. The molecule has 6 heteroatoms. The minimum absolute atomic E-state index is 0.0636. The lowest BCUT2D eigenvalue weighted by Gasteiger charge is -2.16. The number of aryl methyl sites for hydroxylation is 2. The fourth-order valence-corrected chi connectivity index (χ4v) is 3.84. The number of benzene rings is 1. The summed E-state index contributed by atoms with van der Waals surface area (Å²) < 4.78 is 0. The van der Waals surface area contributed by atoms with E-state index in [4.69, 9.17) is 11.6 Å². The molecule has 3 rings (SSSR count). The summed E-state index contributed by atoms with van der Waals surface area (Å²) in [6, 6.07) is 11.2. The molecule has 1 aromatic carbocycles. The van der Waals surface area contributed by atoms with Gasteiger partial charge in [0.05, 0.1) is 5.56 Å². The van der Waals surface area contributed by atoms with Gasteiger partial charge in [-0.05, 0) is 61.6 Å². The Kier molecular flexibility index (Phi) is 5.95. The van der Waals surface area contributed by atoms with E-state index in [0.717, 1.165) is 42.1 Å². The van der Waals surface area contributed by atoms with Gasteiger partial charge in [0.25, 0.3) is 0 Å². The third kappa shape index (κ3) is 4.75. The normalized spacial score (nSPS) is 13.0. The van der Waals surface area contributed by atoms with E-state index < -0.39 is 0 Å². The van der Waals surface area contributed by atoms with E-state index in [1.54, 1.807) is 24.3 Å². The summed E-state index contributed by atoms with van der Waals surface area (Å²) in [7, 11) is 0. The maximum absolute atomic E-state index is 12.0. The van der Waals surface area contributed by atoms with Gasteiger partial charge in [-0.15, -0.1) is 11.8 Å². The number of hydrogen-bond donors (Lipinski definition) is 1. The average Bonchev–Trinajstić information content (AvgIpc) is 2.63. The third-order valence-corrected chi connectivity index (χ3v) is 5.33. The van der Waals surface area contributed by atoms with Crippen LogP contribution in [0, 0.1) is 11.3 Å². The number of nitrogens with one attached hydrogen (secondary N) is 1. The number of halogens is 1. The lowest BCUT2D eigenvalue weighted by Crippen LogP contribution is -2.12. The number of carbonyl (C=O) groups excluding carboxylic acids is 1. The number of thioether (sulfide) groups is 1. The van der Waals surface area contributed by atoms with Crippen LogP contribution in [0.3, 0.4) is 0 Å². The van der Waals surface area contributed by atoms with E-state index >= 15 is 0 Å². The van der Waals surface area contributed by atoms with Gasteiger partial charge in [-0.3, -0.25) is 4.79 Å². The second kappa shape index (κ2) is 8.37. The SMILES string of the molecule is N#Cc1cc2c(nc1SCCC(=O)Nc1ccc(Cl)cc1)CCCC2. The molecule has 0 bridgehead atoms. The number of nitrogens with zero attached hydrogens (tertiary/aromatic N) is 2. The van der Waals surface area contributed by atoms with Crippen molar-refractivity contribution in [3.63, 3.8) is 0 Å². The quantitative estimate of drug-likeness (QED) is 0.779. The van der Waals surface area contributed by atoms with E-state index in [1.165, 1.54) is 17.3 Å². The highest BCUT2D eigenvalue weighted by Gasteiger charge is 2.15. The Labute approximate surface area is 156 Å². The number of aromatic nitrogens is 1. The van der Waals surface area contributed by atoms with Crippen molar-refractivity contribution in [3.05, 3.63) is 52.2 Å². The molecule has 1 N–H and O–H groups in total. The van der Waals surface area contributed by atoms with E-state index in [0.29, 0.717) is 22.8 Å². The molecule has 1 aromatic heterocycles. The van der Waals surface area contributed by atoms with Gasteiger partial charge in [0.15, 0.2) is 0 Å². The Morgan fingerprint density at radius 1 is 1.28 bits per heavy atom. The molecule has 0 radical (unpaired) electrons. The second-order valence-electron chi connectivity index (χ2n) is 5.92. The van der Waals surface area contributed by atoms with Gasteiger partial charge in [0.1, 0.15) is 11.1 Å². The summed E-state index contributed by atoms with van der Waals surface area (Å²) in [5.74, 6) is 0.520. The Balaban J connectivity index is 1.57. The van der Waals surface area contributed by atoms with Gasteiger partial charge in [-0.25, -0.2) is 4.98 Å². The number of anilines is 1. The molecule has 0 spiro atoms. The van der Waals surface area contributed by atoms with Crippen LogP contribution in [-0.4, -0.2) is 16.6 Å². The number of pyridine rings is 1. The predicted molar refractivity (Wildman–Crippen MR) is 101 cm³/mol. The van der Waals surface area contributed by atoms with Crippen molar-refractivity contribution >= 4 is 35.0 Å². The molecule has 2 aromatic rings. The van der Waals surface area contributed by atoms with Gasteiger partial charge in [-0.1, -0.05) is 11.6 Å². The molecule has 4 nitrogen and oxygen atoms in total. The van der Waals surface area contributed by atoms with Gasteiger partial charge < -0.3 is 5.32 Å². The van der Waals surface area contributed by atoms with E-state index in [-0.39, 0.29) is 5.91 Å². The minimum Gasteiger partial charge on any atom is -0.326 e. The van der Waals surface area contributed by atoms with E-state index in [1.807, 2.05) is 6.07 Å². The summed E-state index contributed by atoms with van der Waals surface area (Å²) >= 11 is 7.30. The highest BCUT2D eigenvalue weighted by Crippen LogP contribution is 2.27. The molecular formula is C19H18ClN3OS. The summed E-state index contributed by atoms with van der Waals surface area (Å²) in [6.07, 6.45) is 4.66. The van der Waals surface area contributed by atoms with Gasteiger partial charge in [0.2, 0.25) is 5.91 Å². The molecular weight excluding hydrogens is 354 g/mol. The molecule has 0 fully saturated rings. The van der Waals surface area contributed by atoms with Crippen molar-refractivity contribution in [3.8, 4) is 6.07 Å². The Bertz CT molecular complexity index is 815. The first-order valence-electron chi connectivity index (χ1n) is 8.27. The maximum atomic E-state index is 12.0. The highest BCUT2D eigenvalue weighted by molar-refractivity contribution is 7.99. The lowest BCUT2D eigenvalue weighted by molar-refractivity contribution is -0.115. The summed E-state index contributed by atoms with van der Waals surface area (Å²) in [5.41, 5.74) is 3.65. The van der Waals surface area contributed by atoms with Crippen molar-refractivity contribution in [1.29, 1.82) is 5.26 Å². The largest absolute Gasteiger partial charge is 0.326 e. The first-order valence-corrected chi connectivity index (χ1v) is 9.63. The zero-order valence-electron chi connectivity index (χ0n) is 13.7. The van der Waals surface area contributed by atoms with Crippen LogP contribution in [0.4, 0.5) is 5.69 Å². The van der Waals surface area contributed by atoms with E-state index in [9.17, 15) is 10.1 Å². The number of carbonyl (C=O) groups is 1. The number of nitriles is 1. The Morgan fingerprint density at radius 2 is 2.04 bits per heavy atom. The van der Waals surface area contributed by atoms with Crippen LogP contribution in [0.5, 0.6) is 0 Å². The lowest BCUT2D eigenvalue weighted by atomic mass is 9.95. The Hall–Kier alpha value is -2.03. The molecule has 1 aliphatic carbocycles. The zero-order valence-corrected chi connectivity index (χ0v) is 15.3. The fraction of sp³-hybridized carbons (Fsp3) is 0.316. The molecule has 25 heavy (non-hydrogen) atoms. The van der Waals surface area contributed by atoms with Crippen molar-refractivity contribution in [2.24, 2.45) is 0 Å². The van der Waals surface area contributed by atoms with Crippen LogP contribution in [0.1, 0.15) is 36.1 Å². The smallest absolute Gasteiger partial charge is 0.225 e. The molecule has 1 amide bonds. The van der Waals surface area contributed by atoms with Crippen molar-refractivity contribution in [2.75, 3.05) is 11.1 Å². The van der Waals surface area contributed by atoms with Crippen molar-refractivity contribution < 1.29 is 4.79 Å². The van der Waals surface area contributed by atoms with Crippen LogP contribution in [-0.2, 0) is 17.6 Å². The molecule has 0 atom stereocenters. The van der Waals surface area contributed by atoms with Crippen LogP contribution in [0.2, 0.25) is 5.02 Å². The first kappa shape index (κ1) is 17.8. The van der Waals surface area contributed by atoms with Crippen LogP contribution >= 0.6 is 23.4 Å². The highest BCUT2D eigenvalue weighted by atomic mass is 35.5. The average molecular weight is 372 g/mol. The zero-order chi connectivity index (χ0) is 17.6. The van der Waals surface area contributed by atoms with Crippen molar-refractivity contribution in [1.82, 2.24) is 4.98 Å². The predicted octanol–water partition coefficient (Wildman–Crippen LogP) is 4.61. The molecule has 0 unspecified atom stereocenters. The van der Waals surface area contributed by atoms with Crippen LogP contribution in [0.15, 0.2) is 35.4 Å². The molecule has 0 saturated heterocycles. The van der Waals surface area contributed by atoms with Gasteiger partial charge in [0, 0.05) is 28.6 Å².